The van der Waals surface area contributed by atoms with Crippen molar-refractivity contribution in [3.05, 3.63) is 0 Å². The molecule has 0 unspecified atom stereocenters. The molecule has 19 heavy (non-hydrogen) atoms. The summed E-state index contributed by atoms with van der Waals surface area (Å²) in [6.45, 7) is 4.31. The fourth-order valence-corrected chi connectivity index (χ4v) is 3.40. The molecule has 1 aliphatic rings. The van der Waals surface area contributed by atoms with Crippen molar-refractivity contribution in [2.24, 2.45) is 0 Å². The number of hydrogen-bond donors (Lipinski definition) is 1. The maximum Gasteiger partial charge on any atom is 0.151 e. The van der Waals surface area contributed by atoms with Gasteiger partial charge in [0.25, 0.3) is 0 Å². The largest absolute Gasteiger partial charge is 0.316 e. The van der Waals surface area contributed by atoms with E-state index in [4.69, 9.17) is 0 Å². The standard InChI is InChI=1S/C14H30N2O2S/c1-3-19(17,18)13-11-15-10-7-12-16(2)14-8-5-4-6-9-14/h14-15H,3-13H2,1-2H3. The lowest BCUT2D eigenvalue weighted by atomic mass is 9.94. The van der Waals surface area contributed by atoms with Gasteiger partial charge < -0.3 is 10.2 Å². The summed E-state index contributed by atoms with van der Waals surface area (Å²) < 4.78 is 22.6. The van der Waals surface area contributed by atoms with Crippen LogP contribution in [0.4, 0.5) is 0 Å². The topological polar surface area (TPSA) is 49.4 Å². The molecular weight excluding hydrogens is 260 g/mol. The molecule has 0 amide bonds. The summed E-state index contributed by atoms with van der Waals surface area (Å²) in [5, 5.41) is 3.23. The zero-order chi connectivity index (χ0) is 14.1. The molecule has 0 heterocycles. The summed E-state index contributed by atoms with van der Waals surface area (Å²) in [7, 11) is -0.593. The van der Waals surface area contributed by atoms with Crippen LogP contribution in [0.1, 0.15) is 45.4 Å². The van der Waals surface area contributed by atoms with Crippen LogP contribution >= 0.6 is 0 Å². The third-order valence-corrected chi connectivity index (χ3v) is 5.80. The van der Waals surface area contributed by atoms with Gasteiger partial charge in [0.15, 0.2) is 9.84 Å². The van der Waals surface area contributed by atoms with Crippen molar-refractivity contribution in [2.45, 2.75) is 51.5 Å². The van der Waals surface area contributed by atoms with E-state index >= 15 is 0 Å². The number of hydrogen-bond acceptors (Lipinski definition) is 4. The highest BCUT2D eigenvalue weighted by atomic mass is 32.2. The molecule has 1 rings (SSSR count). The fraction of sp³-hybridized carbons (Fsp3) is 1.00. The number of nitrogens with one attached hydrogen (secondary N) is 1. The molecule has 4 nitrogen and oxygen atoms in total. The summed E-state index contributed by atoms with van der Waals surface area (Å²) in [4.78, 5) is 2.48. The lowest BCUT2D eigenvalue weighted by molar-refractivity contribution is 0.190. The van der Waals surface area contributed by atoms with Gasteiger partial charge >= 0.3 is 0 Å². The lowest BCUT2D eigenvalue weighted by Crippen LogP contribution is -2.35. The van der Waals surface area contributed by atoms with E-state index in [0.29, 0.717) is 6.54 Å². The molecule has 114 valence electrons. The van der Waals surface area contributed by atoms with Crippen molar-refractivity contribution in [1.29, 1.82) is 0 Å². The van der Waals surface area contributed by atoms with Crippen molar-refractivity contribution >= 4 is 9.84 Å². The minimum atomic E-state index is -2.81. The molecule has 1 saturated carbocycles. The second-order valence-corrected chi connectivity index (χ2v) is 8.09. The van der Waals surface area contributed by atoms with Crippen LogP contribution in [-0.2, 0) is 9.84 Å². The average molecular weight is 290 g/mol. The van der Waals surface area contributed by atoms with E-state index in [1.54, 1.807) is 6.92 Å². The third-order valence-electron chi connectivity index (χ3n) is 4.09. The van der Waals surface area contributed by atoms with Gasteiger partial charge in [-0.1, -0.05) is 26.2 Å². The van der Waals surface area contributed by atoms with Gasteiger partial charge in [0, 0.05) is 18.3 Å². The van der Waals surface area contributed by atoms with E-state index in [1.165, 1.54) is 32.1 Å². The third kappa shape index (κ3) is 7.28. The quantitative estimate of drug-likeness (QED) is 0.656. The SMILES string of the molecule is CCS(=O)(=O)CCNCCCN(C)C1CCCCC1. The first kappa shape index (κ1) is 16.9. The molecule has 0 aromatic rings. The maximum atomic E-state index is 11.3. The van der Waals surface area contributed by atoms with E-state index in [0.717, 1.165) is 25.6 Å². The Balaban J connectivity index is 2.01. The Kier molecular flexibility index (Phi) is 7.95. The molecule has 0 aromatic heterocycles. The predicted molar refractivity (Wildman–Crippen MR) is 81.3 cm³/mol. The Bertz CT molecular complexity index is 324. The van der Waals surface area contributed by atoms with E-state index in [1.807, 2.05) is 0 Å². The van der Waals surface area contributed by atoms with Crippen LogP contribution in [0.25, 0.3) is 0 Å². The van der Waals surface area contributed by atoms with Crippen LogP contribution in [0.2, 0.25) is 0 Å². The molecular formula is C14H30N2O2S. The molecule has 1 N–H and O–H groups in total. The second kappa shape index (κ2) is 8.93. The normalized spacial score (nSPS) is 18.1. The molecule has 0 spiro atoms. The molecule has 0 radical (unpaired) electrons. The van der Waals surface area contributed by atoms with Gasteiger partial charge in [0.05, 0.1) is 5.75 Å². The Morgan fingerprint density at radius 1 is 1.16 bits per heavy atom. The van der Waals surface area contributed by atoms with Crippen LogP contribution in [0.3, 0.4) is 0 Å². The van der Waals surface area contributed by atoms with Gasteiger partial charge in [-0.05, 0) is 39.4 Å². The van der Waals surface area contributed by atoms with Crippen LogP contribution in [0, 0.1) is 0 Å². The summed E-state index contributed by atoms with van der Waals surface area (Å²) in [6.07, 6.45) is 7.94. The molecule has 1 aliphatic carbocycles. The highest BCUT2D eigenvalue weighted by molar-refractivity contribution is 7.91. The van der Waals surface area contributed by atoms with E-state index in [2.05, 4.69) is 17.3 Å². The van der Waals surface area contributed by atoms with Crippen molar-refractivity contribution in [3.8, 4) is 0 Å². The lowest BCUT2D eigenvalue weighted by Gasteiger charge is -2.31. The Labute approximate surface area is 118 Å². The number of sulfone groups is 1. The molecule has 1 fully saturated rings. The monoisotopic (exact) mass is 290 g/mol. The Morgan fingerprint density at radius 2 is 1.84 bits per heavy atom. The average Bonchev–Trinajstić information content (AvgIpc) is 2.43. The molecule has 0 atom stereocenters. The summed E-state index contributed by atoms with van der Waals surface area (Å²) >= 11 is 0. The van der Waals surface area contributed by atoms with Crippen molar-refractivity contribution < 1.29 is 8.42 Å². The number of nitrogens with zero attached hydrogens (tertiary/aromatic N) is 1. The Hall–Kier alpha value is -0.130. The zero-order valence-electron chi connectivity index (χ0n) is 12.5. The van der Waals surface area contributed by atoms with Gasteiger partial charge in [-0.25, -0.2) is 8.42 Å². The zero-order valence-corrected chi connectivity index (χ0v) is 13.3. The molecule has 0 bridgehead atoms. The van der Waals surface area contributed by atoms with Gasteiger partial charge in [-0.2, -0.15) is 0 Å². The van der Waals surface area contributed by atoms with Gasteiger partial charge in [0.2, 0.25) is 0 Å². The van der Waals surface area contributed by atoms with Crippen molar-refractivity contribution in [3.63, 3.8) is 0 Å². The van der Waals surface area contributed by atoms with Crippen LogP contribution in [-0.4, -0.2) is 57.5 Å². The van der Waals surface area contributed by atoms with Crippen molar-refractivity contribution in [2.75, 3.05) is 38.2 Å². The molecule has 0 aliphatic heterocycles. The second-order valence-electron chi connectivity index (χ2n) is 5.61. The first-order valence-corrected chi connectivity index (χ1v) is 9.48. The van der Waals surface area contributed by atoms with Crippen LogP contribution < -0.4 is 5.32 Å². The van der Waals surface area contributed by atoms with E-state index in [-0.39, 0.29) is 11.5 Å². The smallest absolute Gasteiger partial charge is 0.151 e. The van der Waals surface area contributed by atoms with Crippen molar-refractivity contribution in [1.82, 2.24) is 10.2 Å². The van der Waals surface area contributed by atoms with Gasteiger partial charge in [0.1, 0.15) is 0 Å². The predicted octanol–water partition coefficient (Wildman–Crippen LogP) is 1.67. The number of rotatable bonds is 9. The minimum absolute atomic E-state index is 0.249. The highest BCUT2D eigenvalue weighted by Gasteiger charge is 2.17. The summed E-state index contributed by atoms with van der Waals surface area (Å²) in [6, 6.07) is 0.772. The first-order valence-electron chi connectivity index (χ1n) is 7.66. The van der Waals surface area contributed by atoms with Crippen LogP contribution in [0.5, 0.6) is 0 Å². The highest BCUT2D eigenvalue weighted by Crippen LogP contribution is 2.21. The minimum Gasteiger partial charge on any atom is -0.316 e. The maximum absolute atomic E-state index is 11.3. The first-order chi connectivity index (χ1) is 9.05. The van der Waals surface area contributed by atoms with Gasteiger partial charge in [-0.3, -0.25) is 0 Å². The fourth-order valence-electron chi connectivity index (χ4n) is 2.65. The van der Waals surface area contributed by atoms with Gasteiger partial charge in [-0.15, -0.1) is 0 Å². The summed E-state index contributed by atoms with van der Waals surface area (Å²) in [5.74, 6) is 0.515. The molecule has 0 aromatic carbocycles. The molecule has 0 saturated heterocycles. The van der Waals surface area contributed by atoms with E-state index < -0.39 is 9.84 Å². The van der Waals surface area contributed by atoms with Crippen LogP contribution in [0.15, 0.2) is 0 Å². The van der Waals surface area contributed by atoms with E-state index in [9.17, 15) is 8.42 Å². The molecule has 5 heteroatoms. The Morgan fingerprint density at radius 3 is 2.47 bits per heavy atom. The summed E-state index contributed by atoms with van der Waals surface area (Å²) in [5.41, 5.74) is 0.